The Morgan fingerprint density at radius 2 is 2.33 bits per heavy atom. The molecule has 18 heavy (non-hydrogen) atoms. The Balaban J connectivity index is 3.05. The molecule has 0 spiro atoms. The summed E-state index contributed by atoms with van der Waals surface area (Å²) in [6.07, 6.45) is 1.26. The average molecular weight is 274 g/mol. The summed E-state index contributed by atoms with van der Waals surface area (Å²) in [6, 6.07) is 1.27. The van der Waals surface area contributed by atoms with Crippen LogP contribution in [0.4, 0.5) is 5.69 Å². The molecular weight excluding hydrogens is 262 g/mol. The van der Waals surface area contributed by atoms with E-state index < -0.39 is 16.5 Å². The normalized spacial score (nSPS) is 10.2. The number of methoxy groups -OCH3 is 1. The number of rotatable bonds is 5. The maximum Gasteiger partial charge on any atom is 0.319 e. The second kappa shape index (κ2) is 6.27. The van der Waals surface area contributed by atoms with E-state index in [4.69, 9.17) is 16.3 Å². The van der Waals surface area contributed by atoms with Crippen LogP contribution in [0.2, 0.25) is 5.15 Å². The molecule has 0 radical (unpaired) electrons. The number of likely N-dealkylation sites (N-methyl/N-ethyl adjacent to an activating group) is 1. The molecule has 7 nitrogen and oxygen atoms in total. The summed E-state index contributed by atoms with van der Waals surface area (Å²) >= 11 is 5.63. The van der Waals surface area contributed by atoms with Crippen molar-refractivity contribution in [2.75, 3.05) is 27.3 Å². The Hall–Kier alpha value is -1.73. The van der Waals surface area contributed by atoms with Crippen LogP contribution in [-0.2, 0) is 4.74 Å². The van der Waals surface area contributed by atoms with Crippen LogP contribution in [0.5, 0.6) is 0 Å². The van der Waals surface area contributed by atoms with Crippen molar-refractivity contribution in [1.82, 2.24) is 9.88 Å². The van der Waals surface area contributed by atoms with Crippen LogP contribution >= 0.6 is 11.6 Å². The first-order valence-corrected chi connectivity index (χ1v) is 5.40. The van der Waals surface area contributed by atoms with Gasteiger partial charge in [0, 0.05) is 26.9 Å². The summed E-state index contributed by atoms with van der Waals surface area (Å²) in [7, 11) is 3.03. The highest BCUT2D eigenvalue weighted by molar-refractivity contribution is 6.32. The third-order valence-corrected chi connectivity index (χ3v) is 2.55. The molecule has 1 heterocycles. The Bertz CT molecular complexity index is 466. The molecule has 0 aromatic carbocycles. The van der Waals surface area contributed by atoms with E-state index in [1.165, 1.54) is 31.3 Å². The van der Waals surface area contributed by atoms with Crippen LogP contribution in [0.1, 0.15) is 10.4 Å². The van der Waals surface area contributed by atoms with Gasteiger partial charge in [-0.2, -0.15) is 0 Å². The SMILES string of the molecule is COCCN(C)C(=O)c1ccnc(Cl)c1[N+](=O)[O-]. The summed E-state index contributed by atoms with van der Waals surface area (Å²) < 4.78 is 4.83. The lowest BCUT2D eigenvalue weighted by atomic mass is 10.2. The maximum atomic E-state index is 12.0. The van der Waals surface area contributed by atoms with Gasteiger partial charge < -0.3 is 9.64 Å². The van der Waals surface area contributed by atoms with E-state index in [0.717, 1.165) is 0 Å². The fourth-order valence-electron chi connectivity index (χ4n) is 1.31. The molecule has 0 atom stereocenters. The van der Waals surface area contributed by atoms with Crippen LogP contribution in [0.25, 0.3) is 0 Å². The molecule has 0 saturated heterocycles. The second-order valence-electron chi connectivity index (χ2n) is 3.47. The molecule has 0 aliphatic carbocycles. The predicted molar refractivity (Wildman–Crippen MR) is 64.7 cm³/mol. The van der Waals surface area contributed by atoms with Crippen molar-refractivity contribution < 1.29 is 14.5 Å². The van der Waals surface area contributed by atoms with Gasteiger partial charge in [0.15, 0.2) is 0 Å². The van der Waals surface area contributed by atoms with Crippen molar-refractivity contribution in [1.29, 1.82) is 0 Å². The van der Waals surface area contributed by atoms with Gasteiger partial charge >= 0.3 is 5.69 Å². The molecule has 1 rings (SSSR count). The third-order valence-electron chi connectivity index (χ3n) is 2.27. The van der Waals surface area contributed by atoms with Crippen molar-refractivity contribution in [2.45, 2.75) is 0 Å². The number of pyridine rings is 1. The van der Waals surface area contributed by atoms with E-state index in [2.05, 4.69) is 4.98 Å². The molecule has 0 saturated carbocycles. The summed E-state index contributed by atoms with van der Waals surface area (Å²) in [6.45, 7) is 0.668. The van der Waals surface area contributed by atoms with Crippen molar-refractivity contribution in [3.63, 3.8) is 0 Å². The highest BCUT2D eigenvalue weighted by atomic mass is 35.5. The summed E-state index contributed by atoms with van der Waals surface area (Å²) in [4.78, 5) is 27.1. The number of nitrogens with zero attached hydrogens (tertiary/aromatic N) is 3. The first kappa shape index (κ1) is 14.3. The van der Waals surface area contributed by atoms with Crippen molar-refractivity contribution >= 4 is 23.2 Å². The molecule has 98 valence electrons. The zero-order valence-electron chi connectivity index (χ0n) is 9.92. The second-order valence-corrected chi connectivity index (χ2v) is 3.83. The molecule has 0 bridgehead atoms. The molecule has 1 amide bonds. The molecule has 8 heteroatoms. The van der Waals surface area contributed by atoms with Gasteiger partial charge in [-0.1, -0.05) is 11.6 Å². The van der Waals surface area contributed by atoms with Gasteiger partial charge in [0.1, 0.15) is 5.56 Å². The van der Waals surface area contributed by atoms with Crippen molar-refractivity contribution in [3.05, 3.63) is 33.1 Å². The first-order valence-electron chi connectivity index (χ1n) is 5.02. The van der Waals surface area contributed by atoms with Gasteiger partial charge in [-0.25, -0.2) is 4.98 Å². The number of nitro groups is 1. The van der Waals surface area contributed by atoms with Crippen LogP contribution in [0, 0.1) is 10.1 Å². The van der Waals surface area contributed by atoms with Gasteiger partial charge in [-0.05, 0) is 6.07 Å². The molecular formula is C10H12ClN3O4. The zero-order chi connectivity index (χ0) is 13.7. The smallest absolute Gasteiger partial charge is 0.319 e. The van der Waals surface area contributed by atoms with E-state index in [9.17, 15) is 14.9 Å². The quantitative estimate of drug-likeness (QED) is 0.459. The third kappa shape index (κ3) is 3.14. The van der Waals surface area contributed by atoms with Gasteiger partial charge in [0.05, 0.1) is 11.5 Å². The minimum Gasteiger partial charge on any atom is -0.383 e. The van der Waals surface area contributed by atoms with Crippen molar-refractivity contribution in [2.24, 2.45) is 0 Å². The lowest BCUT2D eigenvalue weighted by Crippen LogP contribution is -2.30. The number of halogens is 1. The number of carbonyl (C=O) groups is 1. The van der Waals surface area contributed by atoms with Crippen LogP contribution in [0.3, 0.4) is 0 Å². The monoisotopic (exact) mass is 273 g/mol. The predicted octanol–water partition coefficient (Wildman–Crippen LogP) is 1.36. The number of ether oxygens (including phenoxy) is 1. The Labute approximate surface area is 108 Å². The highest BCUT2D eigenvalue weighted by Crippen LogP contribution is 2.26. The Morgan fingerprint density at radius 3 is 2.89 bits per heavy atom. The molecule has 0 aliphatic heterocycles. The van der Waals surface area contributed by atoms with Gasteiger partial charge in [0.2, 0.25) is 5.15 Å². The Morgan fingerprint density at radius 1 is 1.67 bits per heavy atom. The molecule has 0 unspecified atom stereocenters. The molecule has 1 aromatic heterocycles. The zero-order valence-corrected chi connectivity index (χ0v) is 10.7. The largest absolute Gasteiger partial charge is 0.383 e. The topological polar surface area (TPSA) is 85.6 Å². The van der Waals surface area contributed by atoms with Gasteiger partial charge in [-0.15, -0.1) is 0 Å². The lowest BCUT2D eigenvalue weighted by molar-refractivity contribution is -0.385. The average Bonchev–Trinajstić information content (AvgIpc) is 2.34. The van der Waals surface area contributed by atoms with E-state index >= 15 is 0 Å². The lowest BCUT2D eigenvalue weighted by Gasteiger charge is -2.16. The molecule has 0 fully saturated rings. The number of amides is 1. The maximum absolute atomic E-state index is 12.0. The van der Waals surface area contributed by atoms with E-state index in [1.807, 2.05) is 0 Å². The minimum atomic E-state index is -0.716. The van der Waals surface area contributed by atoms with Gasteiger partial charge in [-0.3, -0.25) is 14.9 Å². The first-order chi connectivity index (χ1) is 8.49. The van der Waals surface area contributed by atoms with Crippen molar-refractivity contribution in [3.8, 4) is 0 Å². The molecule has 1 aromatic rings. The fourth-order valence-corrected chi connectivity index (χ4v) is 1.54. The minimum absolute atomic E-state index is 0.0846. The van der Waals surface area contributed by atoms with Crippen LogP contribution in [-0.4, -0.2) is 48.0 Å². The summed E-state index contributed by atoms with van der Waals surface area (Å²) in [5.41, 5.74) is -0.563. The molecule has 0 N–H and O–H groups in total. The number of hydrogen-bond donors (Lipinski definition) is 0. The molecule has 0 aliphatic rings. The number of carbonyl (C=O) groups excluding carboxylic acids is 1. The Kier molecular flexibility index (Phi) is 4.99. The highest BCUT2D eigenvalue weighted by Gasteiger charge is 2.26. The van der Waals surface area contributed by atoms with Gasteiger partial charge in [0.25, 0.3) is 5.91 Å². The number of aromatic nitrogens is 1. The van der Waals surface area contributed by atoms with E-state index in [1.54, 1.807) is 0 Å². The van der Waals surface area contributed by atoms with Crippen LogP contribution < -0.4 is 0 Å². The summed E-state index contributed by atoms with van der Waals surface area (Å²) in [5, 5.41) is 10.6. The van der Waals surface area contributed by atoms with E-state index in [0.29, 0.717) is 13.2 Å². The standard InChI is InChI=1S/C10H12ClN3O4/c1-13(5-6-18-2)10(15)7-3-4-12-9(11)8(7)14(16)17/h3-4H,5-6H2,1-2H3. The van der Waals surface area contributed by atoms with E-state index in [-0.39, 0.29) is 10.7 Å². The number of hydrogen-bond acceptors (Lipinski definition) is 5. The fraction of sp³-hybridized carbons (Fsp3) is 0.400. The summed E-state index contributed by atoms with van der Waals surface area (Å²) in [5.74, 6) is -0.497. The van der Waals surface area contributed by atoms with Crippen LogP contribution in [0.15, 0.2) is 12.3 Å².